The summed E-state index contributed by atoms with van der Waals surface area (Å²) in [6.07, 6.45) is 3.73. The van der Waals surface area contributed by atoms with Crippen molar-refractivity contribution >= 4 is 28.2 Å². The molecule has 0 bridgehead atoms. The van der Waals surface area contributed by atoms with Gasteiger partial charge in [0, 0.05) is 17.3 Å². The molecule has 2 rings (SSSR count). The molecule has 0 atom stereocenters. The van der Waals surface area contributed by atoms with Gasteiger partial charge in [0.25, 0.3) is 5.91 Å². The number of thiophene rings is 1. The molecule has 0 spiro atoms. The van der Waals surface area contributed by atoms with Gasteiger partial charge >= 0.3 is 5.97 Å². The van der Waals surface area contributed by atoms with Crippen molar-refractivity contribution in [3.8, 4) is 0 Å². The highest BCUT2D eigenvalue weighted by molar-refractivity contribution is 7.16. The number of hydrogen-bond acceptors (Lipinski definition) is 4. The summed E-state index contributed by atoms with van der Waals surface area (Å²) in [6.45, 7) is 1.93. The van der Waals surface area contributed by atoms with E-state index < -0.39 is 5.97 Å². The molecule has 2 heterocycles. The molecule has 5 nitrogen and oxygen atoms in total. The van der Waals surface area contributed by atoms with Gasteiger partial charge in [-0.2, -0.15) is 0 Å². The van der Waals surface area contributed by atoms with Gasteiger partial charge in [0.15, 0.2) is 0 Å². The summed E-state index contributed by atoms with van der Waals surface area (Å²) in [5, 5.41) is 12.1. The van der Waals surface area contributed by atoms with Crippen molar-refractivity contribution in [2.24, 2.45) is 0 Å². The third-order valence-electron chi connectivity index (χ3n) is 2.51. The van der Waals surface area contributed by atoms with Crippen LogP contribution in [-0.4, -0.2) is 22.0 Å². The first kappa shape index (κ1) is 13.2. The summed E-state index contributed by atoms with van der Waals surface area (Å²) in [7, 11) is 0. The highest BCUT2D eigenvalue weighted by Gasteiger charge is 2.17. The van der Waals surface area contributed by atoms with Crippen molar-refractivity contribution in [2.45, 2.75) is 13.3 Å². The molecule has 0 aliphatic carbocycles. The molecule has 0 saturated heterocycles. The number of carbonyl (C=O) groups is 2. The van der Waals surface area contributed by atoms with Gasteiger partial charge in [-0.25, -0.2) is 4.79 Å². The topological polar surface area (TPSA) is 79.3 Å². The molecule has 98 valence electrons. The molecule has 2 N–H and O–H groups in total. The minimum absolute atomic E-state index is 0.124. The molecule has 0 aliphatic rings. The molecule has 2 aromatic rings. The zero-order valence-corrected chi connectivity index (χ0v) is 11.0. The molecule has 0 aromatic carbocycles. The van der Waals surface area contributed by atoms with Gasteiger partial charge < -0.3 is 10.4 Å². The Hall–Kier alpha value is -2.21. The average Bonchev–Trinajstić information content (AvgIpc) is 2.83. The van der Waals surface area contributed by atoms with Gasteiger partial charge in [-0.1, -0.05) is 6.92 Å². The van der Waals surface area contributed by atoms with E-state index in [4.69, 9.17) is 5.11 Å². The molecule has 0 aliphatic heterocycles. The predicted molar refractivity (Wildman–Crippen MR) is 72.8 cm³/mol. The fourth-order valence-corrected chi connectivity index (χ4v) is 2.52. The second kappa shape index (κ2) is 5.62. The van der Waals surface area contributed by atoms with E-state index in [1.807, 2.05) is 6.92 Å². The van der Waals surface area contributed by atoms with E-state index in [1.165, 1.54) is 17.5 Å². The van der Waals surface area contributed by atoms with Crippen molar-refractivity contribution < 1.29 is 14.7 Å². The zero-order valence-electron chi connectivity index (χ0n) is 10.2. The number of aryl methyl sites for hydroxylation is 1. The monoisotopic (exact) mass is 276 g/mol. The number of carboxylic acids is 1. The van der Waals surface area contributed by atoms with Crippen LogP contribution in [0.4, 0.5) is 5.00 Å². The molecule has 0 radical (unpaired) electrons. The van der Waals surface area contributed by atoms with Gasteiger partial charge in [0.05, 0.1) is 11.1 Å². The normalized spacial score (nSPS) is 10.2. The third-order valence-corrected chi connectivity index (χ3v) is 3.71. The lowest BCUT2D eigenvalue weighted by atomic mass is 10.2. The van der Waals surface area contributed by atoms with Crippen LogP contribution in [0.25, 0.3) is 0 Å². The van der Waals surface area contributed by atoms with Crippen LogP contribution < -0.4 is 5.32 Å². The Morgan fingerprint density at radius 2 is 2.26 bits per heavy atom. The molecule has 0 saturated carbocycles. The Labute approximate surface area is 113 Å². The van der Waals surface area contributed by atoms with Crippen LogP contribution in [0.3, 0.4) is 0 Å². The van der Waals surface area contributed by atoms with Crippen molar-refractivity contribution in [1.82, 2.24) is 4.98 Å². The first-order valence-corrected chi connectivity index (χ1v) is 6.51. The van der Waals surface area contributed by atoms with E-state index >= 15 is 0 Å². The predicted octanol–water partition coefficient (Wildman–Crippen LogP) is 2.66. The summed E-state index contributed by atoms with van der Waals surface area (Å²) >= 11 is 1.28. The first-order valence-electron chi connectivity index (χ1n) is 5.69. The Kier molecular flexibility index (Phi) is 3.91. The Bertz CT molecular complexity index is 608. The van der Waals surface area contributed by atoms with Crippen molar-refractivity contribution in [2.75, 3.05) is 5.32 Å². The molecular formula is C13H12N2O3S. The standard InChI is InChI=1S/C13H12N2O3S/c1-2-9-6-10(13(17)18)12(19-9)15-11(16)8-4-3-5-14-7-8/h3-7H,2H2,1H3,(H,15,16)(H,17,18). The number of carboxylic acid groups (broad SMARTS) is 1. The van der Waals surface area contributed by atoms with Gasteiger partial charge in [0.2, 0.25) is 0 Å². The lowest BCUT2D eigenvalue weighted by Gasteiger charge is -2.03. The van der Waals surface area contributed by atoms with Gasteiger partial charge in [-0.15, -0.1) is 11.3 Å². The number of rotatable bonds is 4. The maximum atomic E-state index is 11.9. The van der Waals surface area contributed by atoms with Crippen LogP contribution in [0.15, 0.2) is 30.6 Å². The lowest BCUT2D eigenvalue weighted by molar-refractivity contribution is 0.0698. The van der Waals surface area contributed by atoms with Crippen LogP contribution in [0, 0.1) is 0 Å². The van der Waals surface area contributed by atoms with Crippen LogP contribution in [-0.2, 0) is 6.42 Å². The summed E-state index contributed by atoms with van der Waals surface area (Å²) in [5.41, 5.74) is 0.518. The quantitative estimate of drug-likeness (QED) is 0.899. The molecule has 1 amide bonds. The van der Waals surface area contributed by atoms with Crippen LogP contribution >= 0.6 is 11.3 Å². The minimum Gasteiger partial charge on any atom is -0.478 e. The summed E-state index contributed by atoms with van der Waals surface area (Å²) in [6, 6.07) is 4.86. The van der Waals surface area contributed by atoms with Crippen molar-refractivity contribution in [3.05, 3.63) is 46.6 Å². The summed E-state index contributed by atoms with van der Waals surface area (Å²) in [4.78, 5) is 27.8. The summed E-state index contributed by atoms with van der Waals surface area (Å²) < 4.78 is 0. The van der Waals surface area contributed by atoms with Crippen molar-refractivity contribution in [1.29, 1.82) is 0 Å². The highest BCUT2D eigenvalue weighted by atomic mass is 32.1. The Balaban J connectivity index is 2.26. The molecule has 19 heavy (non-hydrogen) atoms. The maximum Gasteiger partial charge on any atom is 0.338 e. The number of pyridine rings is 1. The number of anilines is 1. The second-order valence-electron chi connectivity index (χ2n) is 3.81. The highest BCUT2D eigenvalue weighted by Crippen LogP contribution is 2.29. The van der Waals surface area contributed by atoms with E-state index in [2.05, 4.69) is 10.3 Å². The lowest BCUT2D eigenvalue weighted by Crippen LogP contribution is -2.13. The smallest absolute Gasteiger partial charge is 0.338 e. The Morgan fingerprint density at radius 1 is 1.47 bits per heavy atom. The molecule has 2 aromatic heterocycles. The maximum absolute atomic E-state index is 11.9. The van der Waals surface area contributed by atoms with E-state index in [-0.39, 0.29) is 11.5 Å². The Morgan fingerprint density at radius 3 is 2.84 bits per heavy atom. The van der Waals surface area contributed by atoms with Gasteiger partial charge in [-0.3, -0.25) is 9.78 Å². The third kappa shape index (κ3) is 2.97. The molecule has 0 fully saturated rings. The fourth-order valence-electron chi connectivity index (χ4n) is 1.54. The number of aromatic nitrogens is 1. The number of aromatic carboxylic acids is 1. The second-order valence-corrected chi connectivity index (χ2v) is 4.95. The fraction of sp³-hybridized carbons (Fsp3) is 0.154. The largest absolute Gasteiger partial charge is 0.478 e. The number of carbonyl (C=O) groups excluding carboxylic acids is 1. The number of amides is 1. The number of nitrogens with one attached hydrogen (secondary N) is 1. The number of hydrogen-bond donors (Lipinski definition) is 2. The minimum atomic E-state index is -1.04. The zero-order chi connectivity index (χ0) is 13.8. The van der Waals surface area contributed by atoms with E-state index in [0.717, 1.165) is 11.3 Å². The van der Waals surface area contributed by atoms with Gasteiger partial charge in [0.1, 0.15) is 5.00 Å². The van der Waals surface area contributed by atoms with E-state index in [0.29, 0.717) is 10.6 Å². The van der Waals surface area contributed by atoms with E-state index in [1.54, 1.807) is 24.4 Å². The average molecular weight is 276 g/mol. The first-order chi connectivity index (χ1) is 9.11. The van der Waals surface area contributed by atoms with Crippen LogP contribution in [0.5, 0.6) is 0 Å². The van der Waals surface area contributed by atoms with Crippen LogP contribution in [0.1, 0.15) is 32.5 Å². The summed E-state index contributed by atoms with van der Waals surface area (Å²) in [5.74, 6) is -1.41. The SMILES string of the molecule is CCc1cc(C(=O)O)c(NC(=O)c2cccnc2)s1. The van der Waals surface area contributed by atoms with Crippen LogP contribution in [0.2, 0.25) is 0 Å². The molecular weight excluding hydrogens is 264 g/mol. The number of nitrogens with zero attached hydrogens (tertiary/aromatic N) is 1. The van der Waals surface area contributed by atoms with E-state index in [9.17, 15) is 9.59 Å². The molecule has 0 unspecified atom stereocenters. The van der Waals surface area contributed by atoms with Gasteiger partial charge in [-0.05, 0) is 24.6 Å². The molecule has 6 heteroatoms. The van der Waals surface area contributed by atoms with Crippen molar-refractivity contribution in [3.63, 3.8) is 0 Å².